The molecule has 0 aliphatic rings. The van der Waals surface area contributed by atoms with E-state index in [1.54, 1.807) is 12.1 Å². The Hall–Kier alpha value is -1.62. The summed E-state index contributed by atoms with van der Waals surface area (Å²) in [5, 5.41) is 2.62. The lowest BCUT2D eigenvalue weighted by Crippen LogP contribution is -2.07. The van der Waals surface area contributed by atoms with E-state index in [0.29, 0.717) is 21.9 Å². The van der Waals surface area contributed by atoms with Gasteiger partial charge in [0.25, 0.3) is 0 Å². The SMILES string of the molecule is CC(=O)Nc1cccc(-c2ccc(Br)o2)n1. The summed E-state index contributed by atoms with van der Waals surface area (Å²) in [6.07, 6.45) is 0. The van der Waals surface area contributed by atoms with E-state index in [2.05, 4.69) is 26.2 Å². The van der Waals surface area contributed by atoms with Crippen LogP contribution < -0.4 is 5.32 Å². The van der Waals surface area contributed by atoms with Crippen LogP contribution in [0.4, 0.5) is 5.82 Å². The quantitative estimate of drug-likeness (QED) is 0.920. The first kappa shape index (κ1) is 10.9. The Kier molecular flexibility index (Phi) is 3.05. The zero-order chi connectivity index (χ0) is 11.5. The van der Waals surface area contributed by atoms with E-state index in [1.807, 2.05) is 18.2 Å². The number of nitrogens with one attached hydrogen (secondary N) is 1. The monoisotopic (exact) mass is 280 g/mol. The molecule has 2 heterocycles. The van der Waals surface area contributed by atoms with Gasteiger partial charge in [-0.05, 0) is 40.2 Å². The van der Waals surface area contributed by atoms with Gasteiger partial charge in [0.2, 0.25) is 5.91 Å². The molecule has 2 rings (SSSR count). The topological polar surface area (TPSA) is 55.1 Å². The van der Waals surface area contributed by atoms with Gasteiger partial charge in [-0.15, -0.1) is 0 Å². The first-order chi connectivity index (χ1) is 7.65. The highest BCUT2D eigenvalue weighted by molar-refractivity contribution is 9.10. The third-order valence-electron chi connectivity index (χ3n) is 1.88. The van der Waals surface area contributed by atoms with Gasteiger partial charge >= 0.3 is 0 Å². The van der Waals surface area contributed by atoms with Crippen molar-refractivity contribution in [1.29, 1.82) is 0 Å². The van der Waals surface area contributed by atoms with Gasteiger partial charge in [-0.25, -0.2) is 4.98 Å². The number of halogens is 1. The molecule has 4 nitrogen and oxygen atoms in total. The highest BCUT2D eigenvalue weighted by Crippen LogP contribution is 2.24. The Labute approximate surface area is 101 Å². The second kappa shape index (κ2) is 4.49. The van der Waals surface area contributed by atoms with Gasteiger partial charge in [0.15, 0.2) is 10.4 Å². The maximum atomic E-state index is 10.9. The molecule has 1 amide bonds. The molecule has 0 fully saturated rings. The Morgan fingerprint density at radius 2 is 2.19 bits per heavy atom. The molecule has 0 spiro atoms. The van der Waals surface area contributed by atoms with Gasteiger partial charge in [-0.1, -0.05) is 6.07 Å². The van der Waals surface area contributed by atoms with Gasteiger partial charge in [0, 0.05) is 6.92 Å². The fraction of sp³-hybridized carbons (Fsp3) is 0.0909. The van der Waals surface area contributed by atoms with E-state index in [-0.39, 0.29) is 5.91 Å². The normalized spacial score (nSPS) is 10.1. The minimum absolute atomic E-state index is 0.148. The predicted octanol–water partition coefficient (Wildman–Crippen LogP) is 3.06. The number of carbonyl (C=O) groups excluding carboxylic acids is 1. The van der Waals surface area contributed by atoms with Crippen molar-refractivity contribution < 1.29 is 9.21 Å². The van der Waals surface area contributed by atoms with Crippen LogP contribution in [-0.2, 0) is 4.79 Å². The lowest BCUT2D eigenvalue weighted by molar-refractivity contribution is -0.114. The number of anilines is 1. The number of aromatic nitrogens is 1. The van der Waals surface area contributed by atoms with E-state index in [1.165, 1.54) is 6.92 Å². The minimum Gasteiger partial charge on any atom is -0.448 e. The Morgan fingerprint density at radius 3 is 2.81 bits per heavy atom. The molecule has 0 aliphatic heterocycles. The van der Waals surface area contributed by atoms with Crippen molar-refractivity contribution in [3.8, 4) is 11.5 Å². The smallest absolute Gasteiger partial charge is 0.222 e. The minimum atomic E-state index is -0.148. The highest BCUT2D eigenvalue weighted by atomic mass is 79.9. The zero-order valence-corrected chi connectivity index (χ0v) is 10.1. The Bertz CT molecular complexity index is 522. The average Bonchev–Trinajstić information content (AvgIpc) is 2.64. The largest absolute Gasteiger partial charge is 0.448 e. The molecular weight excluding hydrogens is 272 g/mol. The van der Waals surface area contributed by atoms with Crippen molar-refractivity contribution in [3.05, 3.63) is 35.0 Å². The van der Waals surface area contributed by atoms with Crippen LogP contribution in [-0.4, -0.2) is 10.9 Å². The maximum absolute atomic E-state index is 10.9. The molecule has 0 saturated carbocycles. The summed E-state index contributed by atoms with van der Waals surface area (Å²) in [7, 11) is 0. The molecule has 5 heteroatoms. The Morgan fingerprint density at radius 1 is 1.38 bits per heavy atom. The fourth-order valence-corrected chi connectivity index (χ4v) is 1.58. The summed E-state index contributed by atoms with van der Waals surface area (Å²) < 4.78 is 6.02. The molecule has 0 saturated heterocycles. The van der Waals surface area contributed by atoms with Crippen LogP contribution in [0, 0.1) is 0 Å². The molecule has 82 valence electrons. The number of hydrogen-bond acceptors (Lipinski definition) is 3. The Balaban J connectivity index is 2.32. The second-order valence-corrected chi connectivity index (χ2v) is 3.97. The van der Waals surface area contributed by atoms with Crippen molar-refractivity contribution in [1.82, 2.24) is 4.98 Å². The van der Waals surface area contributed by atoms with E-state index in [9.17, 15) is 4.79 Å². The van der Waals surface area contributed by atoms with Crippen molar-refractivity contribution >= 4 is 27.7 Å². The molecule has 0 radical (unpaired) electrons. The molecule has 2 aromatic heterocycles. The summed E-state index contributed by atoms with van der Waals surface area (Å²) in [6.45, 7) is 1.44. The van der Waals surface area contributed by atoms with Crippen LogP contribution in [0.1, 0.15) is 6.92 Å². The number of amides is 1. The molecule has 0 unspecified atom stereocenters. The predicted molar refractivity (Wildman–Crippen MR) is 63.9 cm³/mol. The number of nitrogens with zero attached hydrogens (tertiary/aromatic N) is 1. The molecular formula is C11H9BrN2O2. The summed E-state index contributed by atoms with van der Waals surface area (Å²) in [5.41, 5.74) is 0.678. The van der Waals surface area contributed by atoms with Gasteiger partial charge in [0.05, 0.1) is 0 Å². The molecule has 1 N–H and O–H groups in total. The zero-order valence-electron chi connectivity index (χ0n) is 8.53. The van der Waals surface area contributed by atoms with E-state index in [0.717, 1.165) is 0 Å². The maximum Gasteiger partial charge on any atom is 0.222 e. The van der Waals surface area contributed by atoms with Crippen LogP contribution in [0.5, 0.6) is 0 Å². The first-order valence-corrected chi connectivity index (χ1v) is 5.45. The number of pyridine rings is 1. The lowest BCUT2D eigenvalue weighted by atomic mass is 10.3. The molecule has 0 bridgehead atoms. The lowest BCUT2D eigenvalue weighted by Gasteiger charge is -2.02. The average molecular weight is 281 g/mol. The number of hydrogen-bond donors (Lipinski definition) is 1. The van der Waals surface area contributed by atoms with Gasteiger partial charge in [0.1, 0.15) is 11.5 Å². The van der Waals surface area contributed by atoms with Crippen molar-refractivity contribution in [2.45, 2.75) is 6.92 Å². The van der Waals surface area contributed by atoms with Gasteiger partial charge in [-0.2, -0.15) is 0 Å². The highest BCUT2D eigenvalue weighted by Gasteiger charge is 2.05. The van der Waals surface area contributed by atoms with E-state index >= 15 is 0 Å². The molecule has 16 heavy (non-hydrogen) atoms. The molecule has 0 aromatic carbocycles. The summed E-state index contributed by atoms with van der Waals surface area (Å²) in [4.78, 5) is 15.1. The van der Waals surface area contributed by atoms with Crippen LogP contribution >= 0.6 is 15.9 Å². The second-order valence-electron chi connectivity index (χ2n) is 3.19. The van der Waals surface area contributed by atoms with Crippen LogP contribution in [0.3, 0.4) is 0 Å². The molecule has 0 atom stereocenters. The van der Waals surface area contributed by atoms with Crippen molar-refractivity contribution in [2.75, 3.05) is 5.32 Å². The van der Waals surface area contributed by atoms with Crippen molar-refractivity contribution in [2.24, 2.45) is 0 Å². The van der Waals surface area contributed by atoms with E-state index < -0.39 is 0 Å². The van der Waals surface area contributed by atoms with Crippen LogP contribution in [0.25, 0.3) is 11.5 Å². The third-order valence-corrected chi connectivity index (χ3v) is 2.31. The summed E-state index contributed by atoms with van der Waals surface area (Å²) >= 11 is 3.22. The number of furan rings is 1. The van der Waals surface area contributed by atoms with Crippen LogP contribution in [0.15, 0.2) is 39.4 Å². The number of carbonyl (C=O) groups is 1. The van der Waals surface area contributed by atoms with Crippen molar-refractivity contribution in [3.63, 3.8) is 0 Å². The standard InChI is InChI=1S/C11H9BrN2O2/c1-7(15)13-11-4-2-3-8(14-11)9-5-6-10(12)16-9/h2-6H,1H3,(H,13,14,15). The summed E-state index contributed by atoms with van der Waals surface area (Å²) in [6, 6.07) is 8.95. The third kappa shape index (κ3) is 2.49. The summed E-state index contributed by atoms with van der Waals surface area (Å²) in [5.74, 6) is 1.02. The van der Waals surface area contributed by atoms with Gasteiger partial charge < -0.3 is 9.73 Å². The van der Waals surface area contributed by atoms with E-state index in [4.69, 9.17) is 4.42 Å². The molecule has 0 aliphatic carbocycles. The van der Waals surface area contributed by atoms with Gasteiger partial charge in [-0.3, -0.25) is 4.79 Å². The fourth-order valence-electron chi connectivity index (χ4n) is 1.27. The molecule has 2 aromatic rings. The van der Waals surface area contributed by atoms with Crippen LogP contribution in [0.2, 0.25) is 0 Å². The number of rotatable bonds is 2. The first-order valence-electron chi connectivity index (χ1n) is 4.65.